The monoisotopic (exact) mass is 395 g/mol. The minimum atomic E-state index is 0.506. The molecule has 0 saturated heterocycles. The molecule has 0 aromatic carbocycles. The lowest BCUT2D eigenvalue weighted by Crippen LogP contribution is -2.16. The first-order chi connectivity index (χ1) is 13.8. The van der Waals surface area contributed by atoms with E-state index in [-0.39, 0.29) is 0 Å². The molecule has 2 nitrogen and oxygen atoms in total. The molecule has 0 bridgehead atoms. The van der Waals surface area contributed by atoms with Gasteiger partial charge in [0.15, 0.2) is 0 Å². The molecule has 0 aliphatic carbocycles. The van der Waals surface area contributed by atoms with Crippen LogP contribution in [0.5, 0.6) is 0 Å². The Hall–Kier alpha value is -0.370. The van der Waals surface area contributed by atoms with E-state index in [2.05, 4.69) is 19.2 Å². The summed E-state index contributed by atoms with van der Waals surface area (Å²) in [5, 5.41) is 3.58. The second-order valence-electron chi connectivity index (χ2n) is 8.80. The molecule has 0 aromatic heterocycles. The van der Waals surface area contributed by atoms with Crippen molar-refractivity contribution in [3.63, 3.8) is 0 Å². The van der Waals surface area contributed by atoms with E-state index in [4.69, 9.17) is 0 Å². The highest BCUT2D eigenvalue weighted by molar-refractivity contribution is 5.78. The van der Waals surface area contributed by atoms with E-state index in [1.54, 1.807) is 0 Å². The van der Waals surface area contributed by atoms with Crippen molar-refractivity contribution in [2.24, 2.45) is 0 Å². The molecule has 0 atom stereocenters. The maximum atomic E-state index is 11.9. The van der Waals surface area contributed by atoms with Crippen molar-refractivity contribution in [2.75, 3.05) is 13.1 Å². The zero-order valence-electron chi connectivity index (χ0n) is 19.7. The highest BCUT2D eigenvalue weighted by Gasteiger charge is 2.02. The molecule has 0 heterocycles. The van der Waals surface area contributed by atoms with Crippen LogP contribution in [0.2, 0.25) is 0 Å². The van der Waals surface area contributed by atoms with E-state index in [9.17, 15) is 4.79 Å². The maximum absolute atomic E-state index is 11.9. The first-order valence-electron chi connectivity index (χ1n) is 13.0. The Morgan fingerprint density at radius 3 is 1.18 bits per heavy atom. The van der Waals surface area contributed by atoms with E-state index < -0.39 is 0 Å². The number of rotatable bonds is 24. The Morgan fingerprint density at radius 2 is 0.786 bits per heavy atom. The average molecular weight is 396 g/mol. The van der Waals surface area contributed by atoms with Crippen LogP contribution >= 0.6 is 0 Å². The van der Waals surface area contributed by atoms with Gasteiger partial charge in [-0.15, -0.1) is 0 Å². The van der Waals surface area contributed by atoms with E-state index in [0.29, 0.717) is 5.78 Å². The molecule has 0 unspecified atom stereocenters. The Balaban J connectivity index is 3.12. The standard InChI is InChI=1S/C26H53NO/c1-3-5-7-9-11-12-14-18-22-26(28)23-19-15-13-17-21-25-27-24-20-16-10-8-6-4-2/h27H,3-25H2,1-2H3. The van der Waals surface area contributed by atoms with Gasteiger partial charge in [-0.05, 0) is 38.8 Å². The molecule has 2 heteroatoms. The van der Waals surface area contributed by atoms with Crippen molar-refractivity contribution in [1.82, 2.24) is 5.32 Å². The quantitative estimate of drug-likeness (QED) is 0.166. The third-order valence-electron chi connectivity index (χ3n) is 5.83. The van der Waals surface area contributed by atoms with Gasteiger partial charge in [0.05, 0.1) is 0 Å². The zero-order chi connectivity index (χ0) is 20.5. The summed E-state index contributed by atoms with van der Waals surface area (Å²) in [6.45, 7) is 6.91. The predicted molar refractivity (Wildman–Crippen MR) is 126 cm³/mol. The zero-order valence-corrected chi connectivity index (χ0v) is 19.7. The molecule has 0 aliphatic rings. The first-order valence-corrected chi connectivity index (χ1v) is 13.0. The summed E-state index contributed by atoms with van der Waals surface area (Å²) < 4.78 is 0. The van der Waals surface area contributed by atoms with Gasteiger partial charge in [0.2, 0.25) is 0 Å². The summed E-state index contributed by atoms with van der Waals surface area (Å²) in [6, 6.07) is 0. The Bertz CT molecular complexity index is 303. The van der Waals surface area contributed by atoms with Gasteiger partial charge in [-0.2, -0.15) is 0 Å². The van der Waals surface area contributed by atoms with Crippen LogP contribution in [0.25, 0.3) is 0 Å². The fourth-order valence-electron chi connectivity index (χ4n) is 3.84. The largest absolute Gasteiger partial charge is 0.317 e. The van der Waals surface area contributed by atoms with Gasteiger partial charge in [-0.1, -0.05) is 110 Å². The highest BCUT2D eigenvalue weighted by Crippen LogP contribution is 2.12. The number of ketones is 1. The summed E-state index contributed by atoms with van der Waals surface area (Å²) in [5.41, 5.74) is 0. The van der Waals surface area contributed by atoms with Crippen LogP contribution in [0.4, 0.5) is 0 Å². The van der Waals surface area contributed by atoms with Crippen molar-refractivity contribution >= 4 is 5.78 Å². The van der Waals surface area contributed by atoms with Crippen molar-refractivity contribution in [2.45, 2.75) is 149 Å². The lowest BCUT2D eigenvalue weighted by molar-refractivity contribution is -0.119. The SMILES string of the molecule is CCCCCCCCCCC(=O)CCCCCCCNCCCCCCCC. The number of unbranched alkanes of at least 4 members (excludes halogenated alkanes) is 16. The molecule has 0 amide bonds. The third kappa shape index (κ3) is 23.7. The fraction of sp³-hybridized carbons (Fsp3) is 0.962. The van der Waals surface area contributed by atoms with E-state index >= 15 is 0 Å². The summed E-state index contributed by atoms with van der Waals surface area (Å²) in [6.07, 6.45) is 26.7. The van der Waals surface area contributed by atoms with Crippen molar-refractivity contribution in [1.29, 1.82) is 0 Å². The van der Waals surface area contributed by atoms with Gasteiger partial charge in [-0.3, -0.25) is 4.79 Å². The minimum Gasteiger partial charge on any atom is -0.317 e. The molecular weight excluding hydrogens is 342 g/mol. The number of hydrogen-bond donors (Lipinski definition) is 1. The van der Waals surface area contributed by atoms with E-state index in [1.165, 1.54) is 122 Å². The van der Waals surface area contributed by atoms with Crippen LogP contribution < -0.4 is 5.32 Å². The van der Waals surface area contributed by atoms with Crippen molar-refractivity contribution in [3.05, 3.63) is 0 Å². The molecule has 168 valence electrons. The molecular formula is C26H53NO. The topological polar surface area (TPSA) is 29.1 Å². The molecule has 1 N–H and O–H groups in total. The molecule has 0 fully saturated rings. The molecule has 0 rings (SSSR count). The summed E-state index contributed by atoms with van der Waals surface area (Å²) >= 11 is 0. The molecule has 0 aliphatic heterocycles. The van der Waals surface area contributed by atoms with Crippen LogP contribution in [0.1, 0.15) is 149 Å². The number of Topliss-reactive ketones (excluding diaryl/α,β-unsaturated/α-hetero) is 1. The minimum absolute atomic E-state index is 0.506. The lowest BCUT2D eigenvalue weighted by Gasteiger charge is -2.05. The van der Waals surface area contributed by atoms with Crippen LogP contribution in [0.3, 0.4) is 0 Å². The summed E-state index contributed by atoms with van der Waals surface area (Å²) in [4.78, 5) is 11.9. The molecule has 0 radical (unpaired) electrons. The van der Waals surface area contributed by atoms with Crippen LogP contribution in [-0.2, 0) is 4.79 Å². The fourth-order valence-corrected chi connectivity index (χ4v) is 3.84. The molecule has 28 heavy (non-hydrogen) atoms. The number of nitrogens with one attached hydrogen (secondary N) is 1. The van der Waals surface area contributed by atoms with Gasteiger partial charge >= 0.3 is 0 Å². The van der Waals surface area contributed by atoms with Crippen LogP contribution in [0, 0.1) is 0 Å². The Labute approximate surface area is 178 Å². The van der Waals surface area contributed by atoms with Gasteiger partial charge in [0.25, 0.3) is 0 Å². The van der Waals surface area contributed by atoms with Gasteiger partial charge in [0, 0.05) is 12.8 Å². The lowest BCUT2D eigenvalue weighted by atomic mass is 10.0. The van der Waals surface area contributed by atoms with E-state index in [1.807, 2.05) is 0 Å². The second kappa shape index (κ2) is 24.7. The normalized spacial score (nSPS) is 11.2. The number of hydrogen-bond acceptors (Lipinski definition) is 2. The smallest absolute Gasteiger partial charge is 0.132 e. The molecule has 0 saturated carbocycles. The second-order valence-corrected chi connectivity index (χ2v) is 8.80. The third-order valence-corrected chi connectivity index (χ3v) is 5.83. The maximum Gasteiger partial charge on any atom is 0.132 e. The van der Waals surface area contributed by atoms with Gasteiger partial charge in [-0.25, -0.2) is 0 Å². The van der Waals surface area contributed by atoms with Crippen molar-refractivity contribution in [3.8, 4) is 0 Å². The molecule has 0 aromatic rings. The molecule has 0 spiro atoms. The highest BCUT2D eigenvalue weighted by atomic mass is 16.1. The average Bonchev–Trinajstić information content (AvgIpc) is 2.70. The van der Waals surface area contributed by atoms with Crippen LogP contribution in [-0.4, -0.2) is 18.9 Å². The van der Waals surface area contributed by atoms with Gasteiger partial charge in [0.1, 0.15) is 5.78 Å². The predicted octanol–water partition coefficient (Wildman–Crippen LogP) is 8.38. The van der Waals surface area contributed by atoms with E-state index in [0.717, 1.165) is 25.7 Å². The van der Waals surface area contributed by atoms with Crippen molar-refractivity contribution < 1.29 is 4.79 Å². The Morgan fingerprint density at radius 1 is 0.464 bits per heavy atom. The number of carbonyl (C=O) groups excluding carboxylic acids is 1. The Kier molecular flexibility index (Phi) is 24.3. The summed E-state index contributed by atoms with van der Waals surface area (Å²) in [7, 11) is 0. The number of carbonyl (C=O) groups is 1. The van der Waals surface area contributed by atoms with Gasteiger partial charge < -0.3 is 5.32 Å². The first kappa shape index (κ1) is 27.6. The van der Waals surface area contributed by atoms with Crippen LogP contribution in [0.15, 0.2) is 0 Å². The summed E-state index contributed by atoms with van der Waals surface area (Å²) in [5.74, 6) is 0.506.